The van der Waals surface area contributed by atoms with Gasteiger partial charge in [-0.15, -0.1) is 0 Å². The molecule has 0 amide bonds. The highest BCUT2D eigenvalue weighted by Crippen LogP contribution is 2.31. The largest absolute Gasteiger partial charge is 0.433 e. The number of benzene rings is 1. The van der Waals surface area contributed by atoms with Crippen LogP contribution in [0.5, 0.6) is 0 Å². The Morgan fingerprint density at radius 2 is 1.67 bits per heavy atom. The second-order valence-corrected chi connectivity index (χ2v) is 4.65. The van der Waals surface area contributed by atoms with Crippen molar-refractivity contribution < 1.29 is 13.2 Å². The standard InChI is InChI=1S/C14H15F3N4/c1-18-13-19-11(8-12(20-13)14(15,16)17)9-4-6-10(7-5-9)21(2)3/h4-8H,1-3H3,(H,18,19,20). The van der Waals surface area contributed by atoms with Crippen molar-refractivity contribution in [2.75, 3.05) is 31.4 Å². The summed E-state index contributed by atoms with van der Waals surface area (Å²) in [6, 6.07) is 8.06. The molecule has 0 fully saturated rings. The van der Waals surface area contributed by atoms with Crippen molar-refractivity contribution in [2.45, 2.75) is 6.18 Å². The molecule has 0 saturated heterocycles. The van der Waals surface area contributed by atoms with Crippen molar-refractivity contribution in [1.82, 2.24) is 9.97 Å². The first-order valence-corrected chi connectivity index (χ1v) is 6.23. The van der Waals surface area contributed by atoms with Crippen molar-refractivity contribution in [3.8, 4) is 11.3 Å². The molecule has 0 atom stereocenters. The molecule has 1 aromatic heterocycles. The summed E-state index contributed by atoms with van der Waals surface area (Å²) in [6.45, 7) is 0. The highest BCUT2D eigenvalue weighted by atomic mass is 19.4. The maximum atomic E-state index is 12.8. The molecule has 0 spiro atoms. The zero-order valence-corrected chi connectivity index (χ0v) is 11.9. The van der Waals surface area contributed by atoms with Crippen molar-refractivity contribution in [3.05, 3.63) is 36.0 Å². The Balaban J connectivity index is 2.47. The van der Waals surface area contributed by atoms with Crippen molar-refractivity contribution >= 4 is 11.6 Å². The average molecular weight is 296 g/mol. The molecule has 0 aliphatic rings. The minimum atomic E-state index is -4.51. The number of hydrogen-bond donors (Lipinski definition) is 1. The molecule has 2 rings (SSSR count). The maximum Gasteiger partial charge on any atom is 0.433 e. The van der Waals surface area contributed by atoms with E-state index >= 15 is 0 Å². The van der Waals surface area contributed by atoms with Crippen LogP contribution in [0.25, 0.3) is 11.3 Å². The molecule has 0 saturated carbocycles. The molecule has 0 radical (unpaired) electrons. The van der Waals surface area contributed by atoms with Gasteiger partial charge in [-0.25, -0.2) is 9.97 Å². The van der Waals surface area contributed by atoms with Gasteiger partial charge < -0.3 is 10.2 Å². The molecule has 21 heavy (non-hydrogen) atoms. The third-order valence-corrected chi connectivity index (χ3v) is 2.92. The topological polar surface area (TPSA) is 41.1 Å². The molecule has 112 valence electrons. The summed E-state index contributed by atoms with van der Waals surface area (Å²) in [4.78, 5) is 9.42. The van der Waals surface area contributed by atoms with Crippen LogP contribution in [0.1, 0.15) is 5.69 Å². The fourth-order valence-corrected chi connectivity index (χ4v) is 1.78. The predicted molar refractivity (Wildman–Crippen MR) is 76.3 cm³/mol. The van der Waals surface area contributed by atoms with Crippen molar-refractivity contribution in [1.29, 1.82) is 0 Å². The average Bonchev–Trinajstić information content (AvgIpc) is 2.46. The van der Waals surface area contributed by atoms with E-state index in [1.165, 1.54) is 7.05 Å². The smallest absolute Gasteiger partial charge is 0.378 e. The molecular formula is C14H15F3N4. The van der Waals surface area contributed by atoms with Gasteiger partial charge in [0.05, 0.1) is 5.69 Å². The summed E-state index contributed by atoms with van der Waals surface area (Å²) < 4.78 is 38.5. The molecule has 0 bridgehead atoms. The zero-order valence-electron chi connectivity index (χ0n) is 11.9. The van der Waals surface area contributed by atoms with Crippen molar-refractivity contribution in [3.63, 3.8) is 0 Å². The van der Waals surface area contributed by atoms with Gasteiger partial charge in [0.1, 0.15) is 0 Å². The Morgan fingerprint density at radius 1 is 1.05 bits per heavy atom. The molecule has 0 unspecified atom stereocenters. The fraction of sp³-hybridized carbons (Fsp3) is 0.286. The van der Waals surface area contributed by atoms with Crippen LogP contribution in [0.4, 0.5) is 24.8 Å². The number of aromatic nitrogens is 2. The molecular weight excluding hydrogens is 281 g/mol. The van der Waals surface area contributed by atoms with Gasteiger partial charge in [0, 0.05) is 32.4 Å². The first-order chi connectivity index (χ1) is 9.81. The van der Waals surface area contributed by atoms with E-state index in [2.05, 4.69) is 15.3 Å². The number of alkyl halides is 3. The van der Waals surface area contributed by atoms with E-state index < -0.39 is 11.9 Å². The van der Waals surface area contributed by atoms with E-state index in [0.717, 1.165) is 11.8 Å². The minimum absolute atomic E-state index is 0.0588. The molecule has 4 nitrogen and oxygen atoms in total. The lowest BCUT2D eigenvalue weighted by Gasteiger charge is -2.13. The van der Waals surface area contributed by atoms with Gasteiger partial charge in [-0.05, 0) is 18.2 Å². The Morgan fingerprint density at radius 3 is 2.14 bits per heavy atom. The number of nitrogens with zero attached hydrogens (tertiary/aromatic N) is 3. The summed E-state index contributed by atoms with van der Waals surface area (Å²) in [7, 11) is 5.26. The van der Waals surface area contributed by atoms with E-state index in [0.29, 0.717) is 5.56 Å². The first-order valence-electron chi connectivity index (χ1n) is 6.23. The van der Waals surface area contributed by atoms with Crippen LogP contribution in [0.2, 0.25) is 0 Å². The van der Waals surface area contributed by atoms with Crippen LogP contribution in [0.15, 0.2) is 30.3 Å². The number of rotatable bonds is 3. The normalized spacial score (nSPS) is 11.3. The van der Waals surface area contributed by atoms with E-state index in [4.69, 9.17) is 0 Å². The summed E-state index contributed by atoms with van der Waals surface area (Å²) in [6.07, 6.45) is -4.51. The number of hydrogen-bond acceptors (Lipinski definition) is 4. The molecule has 0 aliphatic carbocycles. The molecule has 0 aliphatic heterocycles. The monoisotopic (exact) mass is 296 g/mol. The van der Waals surface area contributed by atoms with Gasteiger partial charge in [0.25, 0.3) is 0 Å². The van der Waals surface area contributed by atoms with E-state index in [9.17, 15) is 13.2 Å². The molecule has 1 N–H and O–H groups in total. The Hall–Kier alpha value is -2.31. The Labute approximate surface area is 120 Å². The third-order valence-electron chi connectivity index (χ3n) is 2.92. The third kappa shape index (κ3) is 3.42. The first kappa shape index (κ1) is 15.1. The Kier molecular flexibility index (Phi) is 4.02. The number of halogens is 3. The lowest BCUT2D eigenvalue weighted by atomic mass is 10.1. The Bertz CT molecular complexity index is 621. The van der Waals surface area contributed by atoms with Crippen LogP contribution in [0.3, 0.4) is 0 Å². The highest BCUT2D eigenvalue weighted by Gasteiger charge is 2.33. The minimum Gasteiger partial charge on any atom is -0.378 e. The van der Waals surface area contributed by atoms with Gasteiger partial charge in [0.15, 0.2) is 5.69 Å². The van der Waals surface area contributed by atoms with E-state index in [1.54, 1.807) is 12.1 Å². The molecule has 1 aromatic carbocycles. The van der Waals surface area contributed by atoms with Gasteiger partial charge in [0.2, 0.25) is 5.95 Å². The quantitative estimate of drug-likeness (QED) is 0.944. The van der Waals surface area contributed by atoms with Crippen LogP contribution in [-0.4, -0.2) is 31.1 Å². The molecule has 1 heterocycles. The SMILES string of the molecule is CNc1nc(-c2ccc(N(C)C)cc2)cc(C(F)(F)F)n1. The van der Waals surface area contributed by atoms with Crippen LogP contribution in [-0.2, 0) is 6.18 Å². The number of nitrogens with one attached hydrogen (secondary N) is 1. The van der Waals surface area contributed by atoms with Crippen molar-refractivity contribution in [2.24, 2.45) is 0 Å². The van der Waals surface area contributed by atoms with Gasteiger partial charge in [-0.1, -0.05) is 12.1 Å². The van der Waals surface area contributed by atoms with Crippen LogP contribution >= 0.6 is 0 Å². The number of anilines is 2. The second kappa shape index (κ2) is 5.59. The fourth-order valence-electron chi connectivity index (χ4n) is 1.78. The lowest BCUT2D eigenvalue weighted by Crippen LogP contribution is -2.11. The lowest BCUT2D eigenvalue weighted by molar-refractivity contribution is -0.141. The van der Waals surface area contributed by atoms with E-state index in [-0.39, 0.29) is 11.6 Å². The maximum absolute atomic E-state index is 12.8. The van der Waals surface area contributed by atoms with Crippen LogP contribution in [0, 0.1) is 0 Å². The zero-order chi connectivity index (χ0) is 15.6. The van der Waals surface area contributed by atoms with Gasteiger partial charge in [-0.2, -0.15) is 13.2 Å². The molecule has 2 aromatic rings. The predicted octanol–water partition coefficient (Wildman–Crippen LogP) is 3.27. The van der Waals surface area contributed by atoms with Crippen LogP contribution < -0.4 is 10.2 Å². The molecule has 7 heteroatoms. The summed E-state index contributed by atoms with van der Waals surface area (Å²) >= 11 is 0. The van der Waals surface area contributed by atoms with Gasteiger partial charge in [-0.3, -0.25) is 0 Å². The highest BCUT2D eigenvalue weighted by molar-refractivity contribution is 5.64. The second-order valence-electron chi connectivity index (χ2n) is 4.65. The summed E-state index contributed by atoms with van der Waals surface area (Å²) in [5, 5.41) is 2.55. The van der Waals surface area contributed by atoms with E-state index in [1.807, 2.05) is 31.1 Å². The summed E-state index contributed by atoms with van der Waals surface area (Å²) in [5.41, 5.74) is 0.822. The summed E-state index contributed by atoms with van der Waals surface area (Å²) in [5.74, 6) is -0.0588. The van der Waals surface area contributed by atoms with Gasteiger partial charge >= 0.3 is 6.18 Å².